The lowest BCUT2D eigenvalue weighted by atomic mass is 10.1. The predicted octanol–water partition coefficient (Wildman–Crippen LogP) is 2.36. The summed E-state index contributed by atoms with van der Waals surface area (Å²) in [5.74, 6) is -0.386. The van der Waals surface area contributed by atoms with Gasteiger partial charge in [0.1, 0.15) is 6.04 Å². The zero-order chi connectivity index (χ0) is 14.4. The quantitative estimate of drug-likeness (QED) is 0.819. The van der Waals surface area contributed by atoms with Crippen molar-refractivity contribution in [3.05, 3.63) is 33.8 Å². The van der Waals surface area contributed by atoms with Crippen molar-refractivity contribution in [2.75, 3.05) is 34.3 Å². The van der Waals surface area contributed by atoms with E-state index < -0.39 is 6.04 Å². The number of nitrogens with zero attached hydrogens (tertiary/aromatic N) is 1. The van der Waals surface area contributed by atoms with Crippen molar-refractivity contribution in [2.24, 2.45) is 0 Å². The van der Waals surface area contributed by atoms with Crippen molar-refractivity contribution in [3.8, 4) is 0 Å². The maximum absolute atomic E-state index is 11.9. The molecular formula is C13H18Cl2N2O2. The van der Waals surface area contributed by atoms with Gasteiger partial charge < -0.3 is 9.64 Å². The van der Waals surface area contributed by atoms with Gasteiger partial charge in [-0.2, -0.15) is 0 Å². The highest BCUT2D eigenvalue weighted by Gasteiger charge is 2.23. The first kappa shape index (κ1) is 16.2. The van der Waals surface area contributed by atoms with Gasteiger partial charge in [-0.1, -0.05) is 35.3 Å². The van der Waals surface area contributed by atoms with Crippen LogP contribution in [0, 0.1) is 0 Å². The van der Waals surface area contributed by atoms with Crippen molar-refractivity contribution < 1.29 is 9.53 Å². The number of hydrogen-bond acceptors (Lipinski definition) is 4. The predicted molar refractivity (Wildman–Crippen MR) is 77.8 cm³/mol. The Balaban J connectivity index is 2.90. The molecule has 1 rings (SSSR count). The largest absolute Gasteiger partial charge is 0.468 e. The Kier molecular flexibility index (Phi) is 6.58. The monoisotopic (exact) mass is 304 g/mol. The topological polar surface area (TPSA) is 41.6 Å². The number of ether oxygens (including phenoxy) is 1. The molecular weight excluding hydrogens is 287 g/mol. The minimum Gasteiger partial charge on any atom is -0.468 e. The van der Waals surface area contributed by atoms with Gasteiger partial charge in [-0.15, -0.1) is 0 Å². The van der Waals surface area contributed by atoms with Gasteiger partial charge in [-0.25, -0.2) is 4.79 Å². The first-order valence-corrected chi connectivity index (χ1v) is 6.62. The number of halogens is 2. The number of carbonyl (C=O) groups excluding carboxylic acids is 1. The SMILES string of the molecule is COC(=O)C(NCCN(C)C)c1cccc(Cl)c1Cl. The summed E-state index contributed by atoms with van der Waals surface area (Å²) in [6.07, 6.45) is 0. The zero-order valence-electron chi connectivity index (χ0n) is 11.2. The molecule has 0 amide bonds. The molecule has 1 aromatic rings. The lowest BCUT2D eigenvalue weighted by Crippen LogP contribution is -2.34. The van der Waals surface area contributed by atoms with Crippen molar-refractivity contribution >= 4 is 29.2 Å². The summed E-state index contributed by atoms with van der Waals surface area (Å²) >= 11 is 12.1. The van der Waals surface area contributed by atoms with E-state index in [-0.39, 0.29) is 5.97 Å². The van der Waals surface area contributed by atoms with Crippen molar-refractivity contribution in [3.63, 3.8) is 0 Å². The number of methoxy groups -OCH3 is 1. The maximum Gasteiger partial charge on any atom is 0.327 e. The molecule has 1 unspecified atom stereocenters. The van der Waals surface area contributed by atoms with Crippen LogP contribution < -0.4 is 5.32 Å². The van der Waals surface area contributed by atoms with E-state index in [1.54, 1.807) is 18.2 Å². The molecule has 0 aliphatic heterocycles. The lowest BCUT2D eigenvalue weighted by Gasteiger charge is -2.19. The number of esters is 1. The highest BCUT2D eigenvalue weighted by molar-refractivity contribution is 6.42. The van der Waals surface area contributed by atoms with Gasteiger partial charge in [-0.05, 0) is 20.2 Å². The summed E-state index contributed by atoms with van der Waals surface area (Å²) in [4.78, 5) is 13.9. The lowest BCUT2D eigenvalue weighted by molar-refractivity contribution is -0.143. The normalized spacial score (nSPS) is 12.5. The molecule has 0 heterocycles. The van der Waals surface area contributed by atoms with Crippen molar-refractivity contribution in [2.45, 2.75) is 6.04 Å². The third-order valence-electron chi connectivity index (χ3n) is 2.64. The van der Waals surface area contributed by atoms with Crippen LogP contribution in [0.2, 0.25) is 10.0 Å². The molecule has 0 saturated carbocycles. The van der Waals surface area contributed by atoms with Gasteiger partial charge in [-0.3, -0.25) is 5.32 Å². The maximum atomic E-state index is 11.9. The molecule has 0 spiro atoms. The number of benzene rings is 1. The van der Waals surface area contributed by atoms with E-state index in [0.717, 1.165) is 6.54 Å². The number of hydrogen-bond donors (Lipinski definition) is 1. The molecule has 0 radical (unpaired) electrons. The smallest absolute Gasteiger partial charge is 0.327 e. The van der Waals surface area contributed by atoms with Crippen molar-refractivity contribution in [1.29, 1.82) is 0 Å². The molecule has 0 aliphatic rings. The first-order valence-electron chi connectivity index (χ1n) is 5.87. The molecule has 0 fully saturated rings. The summed E-state index contributed by atoms with van der Waals surface area (Å²) in [6, 6.07) is 4.59. The van der Waals surface area contributed by atoms with Crippen LogP contribution in [-0.2, 0) is 9.53 Å². The molecule has 106 valence electrons. The van der Waals surface area contributed by atoms with Crippen LogP contribution >= 0.6 is 23.2 Å². The molecule has 0 saturated heterocycles. The molecule has 4 nitrogen and oxygen atoms in total. The van der Waals surface area contributed by atoms with Crippen LogP contribution in [0.3, 0.4) is 0 Å². The fraction of sp³-hybridized carbons (Fsp3) is 0.462. The Morgan fingerprint density at radius 3 is 2.68 bits per heavy atom. The van der Waals surface area contributed by atoms with Gasteiger partial charge >= 0.3 is 5.97 Å². The fourth-order valence-electron chi connectivity index (χ4n) is 1.61. The van der Waals surface area contributed by atoms with E-state index in [0.29, 0.717) is 22.2 Å². The Hall–Kier alpha value is -0.810. The molecule has 1 atom stereocenters. The third-order valence-corrected chi connectivity index (χ3v) is 3.47. The summed E-state index contributed by atoms with van der Waals surface area (Å²) in [5.41, 5.74) is 0.625. The Morgan fingerprint density at radius 1 is 1.42 bits per heavy atom. The summed E-state index contributed by atoms with van der Waals surface area (Å²) in [6.45, 7) is 1.43. The van der Waals surface area contributed by atoms with Gasteiger partial charge in [0, 0.05) is 18.7 Å². The second-order valence-electron chi connectivity index (χ2n) is 4.36. The minimum absolute atomic E-state index is 0.372. The van der Waals surface area contributed by atoms with Gasteiger partial charge in [0.25, 0.3) is 0 Å². The number of nitrogens with one attached hydrogen (secondary N) is 1. The summed E-state index contributed by atoms with van der Waals surface area (Å²) in [5, 5.41) is 3.92. The molecule has 0 bridgehead atoms. The van der Waals surface area contributed by atoms with Crippen LogP contribution in [0.4, 0.5) is 0 Å². The van der Waals surface area contributed by atoms with E-state index >= 15 is 0 Å². The summed E-state index contributed by atoms with van der Waals surface area (Å²) in [7, 11) is 5.27. The Labute approximate surface area is 123 Å². The van der Waals surface area contributed by atoms with E-state index in [1.165, 1.54) is 7.11 Å². The van der Waals surface area contributed by atoms with Crippen LogP contribution in [0.25, 0.3) is 0 Å². The van der Waals surface area contributed by atoms with Gasteiger partial charge in [0.2, 0.25) is 0 Å². The second kappa shape index (κ2) is 7.70. The van der Waals surface area contributed by atoms with E-state index in [1.807, 2.05) is 19.0 Å². The van der Waals surface area contributed by atoms with Crippen LogP contribution in [0.1, 0.15) is 11.6 Å². The summed E-state index contributed by atoms with van der Waals surface area (Å²) < 4.78 is 4.80. The van der Waals surface area contributed by atoms with E-state index in [9.17, 15) is 4.79 Å². The fourth-order valence-corrected chi connectivity index (χ4v) is 2.03. The van der Waals surface area contributed by atoms with Crippen LogP contribution in [0.15, 0.2) is 18.2 Å². The standard InChI is InChI=1S/C13H18Cl2N2O2/c1-17(2)8-7-16-12(13(18)19-3)9-5-4-6-10(14)11(9)15/h4-6,12,16H,7-8H2,1-3H3. The minimum atomic E-state index is -0.615. The molecule has 1 N–H and O–H groups in total. The van der Waals surface area contributed by atoms with Gasteiger partial charge in [0.05, 0.1) is 17.2 Å². The van der Waals surface area contributed by atoms with Crippen molar-refractivity contribution in [1.82, 2.24) is 10.2 Å². The number of rotatable bonds is 6. The Bertz CT molecular complexity index is 439. The third kappa shape index (κ3) is 4.66. The van der Waals surface area contributed by atoms with Crippen LogP contribution in [-0.4, -0.2) is 45.2 Å². The second-order valence-corrected chi connectivity index (χ2v) is 5.14. The molecule has 19 heavy (non-hydrogen) atoms. The molecule has 6 heteroatoms. The molecule has 0 aromatic heterocycles. The average molecular weight is 305 g/mol. The van der Waals surface area contributed by atoms with E-state index in [4.69, 9.17) is 27.9 Å². The molecule has 0 aliphatic carbocycles. The molecule has 1 aromatic carbocycles. The highest BCUT2D eigenvalue weighted by Crippen LogP contribution is 2.30. The number of carbonyl (C=O) groups is 1. The zero-order valence-corrected chi connectivity index (χ0v) is 12.8. The van der Waals surface area contributed by atoms with E-state index in [2.05, 4.69) is 5.32 Å². The average Bonchev–Trinajstić information content (AvgIpc) is 2.37. The van der Waals surface area contributed by atoms with Crippen LogP contribution in [0.5, 0.6) is 0 Å². The van der Waals surface area contributed by atoms with Gasteiger partial charge in [0.15, 0.2) is 0 Å². The first-order chi connectivity index (χ1) is 8.97. The number of likely N-dealkylation sites (N-methyl/N-ethyl adjacent to an activating group) is 1. The Morgan fingerprint density at radius 2 is 2.11 bits per heavy atom. The highest BCUT2D eigenvalue weighted by atomic mass is 35.5.